The molecule has 0 bridgehead atoms. The summed E-state index contributed by atoms with van der Waals surface area (Å²) in [5.41, 5.74) is 2.52. The van der Waals surface area contributed by atoms with Gasteiger partial charge in [0.25, 0.3) is 0 Å². The fourth-order valence-corrected chi connectivity index (χ4v) is 4.04. The molecule has 0 saturated carbocycles. The van der Waals surface area contributed by atoms with Crippen molar-refractivity contribution in [3.05, 3.63) is 29.3 Å². The van der Waals surface area contributed by atoms with Crippen LogP contribution >= 0.6 is 0 Å². The Labute approximate surface area is 141 Å². The SMILES string of the molecule is CC(C)N(C)CCCCNS(=O)(=O)c1ccc2c(c1)CCCC2. The van der Waals surface area contributed by atoms with Gasteiger partial charge in [0, 0.05) is 12.6 Å². The average Bonchev–Trinajstić information content (AvgIpc) is 2.53. The van der Waals surface area contributed by atoms with E-state index in [0.717, 1.165) is 38.6 Å². The van der Waals surface area contributed by atoms with E-state index in [1.165, 1.54) is 17.5 Å². The molecule has 0 atom stereocenters. The second kappa shape index (κ2) is 8.27. The summed E-state index contributed by atoms with van der Waals surface area (Å²) < 4.78 is 27.5. The van der Waals surface area contributed by atoms with Crippen LogP contribution in [0.1, 0.15) is 50.7 Å². The molecule has 1 aromatic carbocycles. The third-order valence-corrected chi connectivity index (χ3v) is 6.20. The molecule has 2 rings (SSSR count). The molecule has 0 fully saturated rings. The van der Waals surface area contributed by atoms with E-state index in [2.05, 4.69) is 30.5 Å². The van der Waals surface area contributed by atoms with Crippen LogP contribution in [0.2, 0.25) is 0 Å². The van der Waals surface area contributed by atoms with Crippen molar-refractivity contribution < 1.29 is 8.42 Å². The first-order valence-corrected chi connectivity index (χ1v) is 10.2. The molecule has 130 valence electrons. The smallest absolute Gasteiger partial charge is 0.240 e. The molecule has 0 unspecified atom stereocenters. The Kier molecular flexibility index (Phi) is 6.62. The second-order valence-electron chi connectivity index (χ2n) is 6.82. The van der Waals surface area contributed by atoms with Crippen LogP contribution in [-0.2, 0) is 22.9 Å². The Morgan fingerprint density at radius 1 is 1.13 bits per heavy atom. The maximum absolute atomic E-state index is 12.4. The van der Waals surface area contributed by atoms with Gasteiger partial charge < -0.3 is 4.90 Å². The van der Waals surface area contributed by atoms with Crippen LogP contribution in [-0.4, -0.2) is 39.5 Å². The molecule has 5 heteroatoms. The molecule has 0 amide bonds. The number of nitrogens with one attached hydrogen (secondary N) is 1. The van der Waals surface area contributed by atoms with Gasteiger partial charge in [0.15, 0.2) is 0 Å². The monoisotopic (exact) mass is 338 g/mol. The van der Waals surface area contributed by atoms with Crippen molar-refractivity contribution in [2.24, 2.45) is 0 Å². The van der Waals surface area contributed by atoms with Gasteiger partial charge in [0.05, 0.1) is 4.90 Å². The normalized spacial score (nSPS) is 15.2. The minimum Gasteiger partial charge on any atom is -0.304 e. The Bertz CT molecular complexity index is 611. The summed E-state index contributed by atoms with van der Waals surface area (Å²) >= 11 is 0. The summed E-state index contributed by atoms with van der Waals surface area (Å²) in [5.74, 6) is 0. The molecule has 0 aromatic heterocycles. The van der Waals surface area contributed by atoms with Crippen molar-refractivity contribution in [2.45, 2.75) is 63.3 Å². The Morgan fingerprint density at radius 3 is 2.52 bits per heavy atom. The molecule has 0 heterocycles. The van der Waals surface area contributed by atoms with Crippen molar-refractivity contribution in [2.75, 3.05) is 20.1 Å². The Morgan fingerprint density at radius 2 is 1.83 bits per heavy atom. The first kappa shape index (κ1) is 18.4. The summed E-state index contributed by atoms with van der Waals surface area (Å²) in [6.45, 7) is 5.83. The summed E-state index contributed by atoms with van der Waals surface area (Å²) in [5, 5.41) is 0. The summed E-state index contributed by atoms with van der Waals surface area (Å²) in [4.78, 5) is 2.69. The van der Waals surface area contributed by atoms with Crippen LogP contribution in [0.25, 0.3) is 0 Å². The molecule has 23 heavy (non-hydrogen) atoms. The zero-order valence-corrected chi connectivity index (χ0v) is 15.5. The number of aryl methyl sites for hydroxylation is 2. The largest absolute Gasteiger partial charge is 0.304 e. The van der Waals surface area contributed by atoms with Crippen molar-refractivity contribution in [3.63, 3.8) is 0 Å². The van der Waals surface area contributed by atoms with E-state index in [-0.39, 0.29) is 0 Å². The Balaban J connectivity index is 1.85. The quantitative estimate of drug-likeness (QED) is 0.741. The van der Waals surface area contributed by atoms with Gasteiger partial charge in [0.2, 0.25) is 10.0 Å². The zero-order chi connectivity index (χ0) is 16.9. The van der Waals surface area contributed by atoms with E-state index < -0.39 is 10.0 Å². The molecule has 0 spiro atoms. The third kappa shape index (κ3) is 5.30. The molecule has 1 aliphatic rings. The minimum absolute atomic E-state index is 0.414. The lowest BCUT2D eigenvalue weighted by Gasteiger charge is -2.20. The molecule has 1 aromatic rings. The van der Waals surface area contributed by atoms with E-state index >= 15 is 0 Å². The molecule has 1 aliphatic carbocycles. The lowest BCUT2D eigenvalue weighted by atomic mass is 9.92. The van der Waals surface area contributed by atoms with E-state index in [9.17, 15) is 8.42 Å². The number of unbranched alkanes of at least 4 members (excludes halogenated alkanes) is 1. The molecule has 1 N–H and O–H groups in total. The Hall–Kier alpha value is -0.910. The summed E-state index contributed by atoms with van der Waals surface area (Å²) in [6.07, 6.45) is 6.31. The van der Waals surface area contributed by atoms with Crippen LogP contribution in [0.15, 0.2) is 23.1 Å². The number of nitrogens with zero attached hydrogens (tertiary/aromatic N) is 1. The maximum Gasteiger partial charge on any atom is 0.240 e. The molecule has 0 aliphatic heterocycles. The van der Waals surface area contributed by atoms with E-state index in [4.69, 9.17) is 0 Å². The van der Waals surface area contributed by atoms with E-state index in [0.29, 0.717) is 17.5 Å². The average molecular weight is 339 g/mol. The van der Waals surface area contributed by atoms with Crippen molar-refractivity contribution in [3.8, 4) is 0 Å². The lowest BCUT2D eigenvalue weighted by molar-refractivity contribution is 0.268. The topological polar surface area (TPSA) is 49.4 Å². The van der Waals surface area contributed by atoms with Gasteiger partial charge >= 0.3 is 0 Å². The highest BCUT2D eigenvalue weighted by Gasteiger charge is 2.17. The zero-order valence-electron chi connectivity index (χ0n) is 14.6. The summed E-state index contributed by atoms with van der Waals surface area (Å²) in [6, 6.07) is 6.13. The van der Waals surface area contributed by atoms with Crippen LogP contribution in [0.5, 0.6) is 0 Å². The van der Waals surface area contributed by atoms with Crippen LogP contribution in [0, 0.1) is 0 Å². The summed E-state index contributed by atoms with van der Waals surface area (Å²) in [7, 11) is -1.28. The van der Waals surface area contributed by atoms with Gasteiger partial charge in [-0.25, -0.2) is 13.1 Å². The number of fused-ring (bicyclic) bond motifs is 1. The number of hydrogen-bond acceptors (Lipinski definition) is 3. The van der Waals surface area contributed by atoms with Crippen LogP contribution in [0.4, 0.5) is 0 Å². The number of hydrogen-bond donors (Lipinski definition) is 1. The highest BCUT2D eigenvalue weighted by atomic mass is 32.2. The van der Waals surface area contributed by atoms with Crippen LogP contribution in [0.3, 0.4) is 0 Å². The standard InChI is InChI=1S/C18H30N2O2S/c1-15(2)20(3)13-7-6-12-19-23(21,22)18-11-10-16-8-4-5-9-17(16)14-18/h10-11,14-15,19H,4-9,12-13H2,1-3H3. The first-order valence-electron chi connectivity index (χ1n) is 8.72. The first-order chi connectivity index (χ1) is 10.9. The number of benzene rings is 1. The predicted octanol–water partition coefficient (Wildman–Crippen LogP) is 2.96. The lowest BCUT2D eigenvalue weighted by Crippen LogP contribution is -2.29. The van der Waals surface area contributed by atoms with E-state index in [1.54, 1.807) is 6.07 Å². The molecule has 0 saturated heterocycles. The molecular formula is C18H30N2O2S. The van der Waals surface area contributed by atoms with E-state index in [1.807, 2.05) is 12.1 Å². The molecule has 4 nitrogen and oxygen atoms in total. The molecular weight excluding hydrogens is 308 g/mol. The van der Waals surface area contributed by atoms with Crippen molar-refractivity contribution in [1.82, 2.24) is 9.62 Å². The van der Waals surface area contributed by atoms with Gasteiger partial charge in [0.1, 0.15) is 0 Å². The fraction of sp³-hybridized carbons (Fsp3) is 0.667. The van der Waals surface area contributed by atoms with Crippen molar-refractivity contribution in [1.29, 1.82) is 0 Å². The molecule has 0 radical (unpaired) electrons. The number of sulfonamides is 1. The predicted molar refractivity (Wildman–Crippen MR) is 95.3 cm³/mol. The maximum atomic E-state index is 12.4. The highest BCUT2D eigenvalue weighted by Crippen LogP contribution is 2.24. The minimum atomic E-state index is -3.37. The van der Waals surface area contributed by atoms with Gasteiger partial charge in [-0.05, 0) is 89.2 Å². The van der Waals surface area contributed by atoms with Crippen molar-refractivity contribution >= 4 is 10.0 Å². The third-order valence-electron chi connectivity index (χ3n) is 4.74. The van der Waals surface area contributed by atoms with Gasteiger partial charge in [-0.3, -0.25) is 0 Å². The van der Waals surface area contributed by atoms with Gasteiger partial charge in [-0.1, -0.05) is 6.07 Å². The number of rotatable bonds is 8. The van der Waals surface area contributed by atoms with Gasteiger partial charge in [-0.15, -0.1) is 0 Å². The second-order valence-corrected chi connectivity index (χ2v) is 8.58. The van der Waals surface area contributed by atoms with Gasteiger partial charge in [-0.2, -0.15) is 0 Å². The van der Waals surface area contributed by atoms with Crippen LogP contribution < -0.4 is 4.72 Å². The highest BCUT2D eigenvalue weighted by molar-refractivity contribution is 7.89. The fourth-order valence-electron chi connectivity index (χ4n) is 2.91.